The quantitative estimate of drug-likeness (QED) is 0.930. The van der Waals surface area contributed by atoms with Crippen LogP contribution in [0.5, 0.6) is 5.88 Å². The van der Waals surface area contributed by atoms with Crippen LogP contribution < -0.4 is 10.1 Å². The molecule has 0 saturated carbocycles. The maximum Gasteiger partial charge on any atom is 0.213 e. The minimum absolute atomic E-state index is 0.600. The van der Waals surface area contributed by atoms with Gasteiger partial charge < -0.3 is 10.1 Å². The molecule has 0 saturated heterocycles. The number of nitriles is 1. The first kappa shape index (κ1) is 13.4. The molecule has 19 heavy (non-hydrogen) atoms. The number of nitrogens with one attached hydrogen (secondary N) is 1. The van der Waals surface area contributed by atoms with Crippen LogP contribution in [-0.2, 0) is 0 Å². The second kappa shape index (κ2) is 6.21. The predicted molar refractivity (Wildman–Crippen MR) is 77.5 cm³/mol. The summed E-state index contributed by atoms with van der Waals surface area (Å²) in [6.07, 6.45) is 1.71. The smallest absolute Gasteiger partial charge is 0.213 e. The zero-order chi connectivity index (χ0) is 13.7. The lowest BCUT2D eigenvalue weighted by Gasteiger charge is -2.08. The Bertz CT molecular complexity index is 605. The molecule has 4 nitrogen and oxygen atoms in total. The standard InChI is InChI=1S/C14H12BrN3O/c1-2-19-14-6-5-12(9-17-14)18-11-4-3-10(8-16)13(15)7-11/h3-7,9,18H,2H2,1H3. The van der Waals surface area contributed by atoms with Crippen LogP contribution in [-0.4, -0.2) is 11.6 Å². The molecule has 0 amide bonds. The summed E-state index contributed by atoms with van der Waals surface area (Å²) >= 11 is 3.35. The molecule has 0 fully saturated rings. The fourth-order valence-electron chi connectivity index (χ4n) is 1.54. The van der Waals surface area contributed by atoms with E-state index in [1.165, 1.54) is 0 Å². The molecule has 0 aliphatic heterocycles. The number of anilines is 2. The molecule has 0 aliphatic carbocycles. The van der Waals surface area contributed by atoms with E-state index in [1.807, 2.05) is 31.2 Å². The lowest BCUT2D eigenvalue weighted by molar-refractivity contribution is 0.327. The lowest BCUT2D eigenvalue weighted by atomic mass is 10.2. The Hall–Kier alpha value is -2.06. The van der Waals surface area contributed by atoms with Crippen molar-refractivity contribution in [3.05, 3.63) is 46.6 Å². The first-order valence-electron chi connectivity index (χ1n) is 5.78. The molecule has 0 aliphatic rings. The van der Waals surface area contributed by atoms with Gasteiger partial charge in [0.1, 0.15) is 6.07 Å². The number of nitrogens with zero attached hydrogens (tertiary/aromatic N) is 2. The monoisotopic (exact) mass is 317 g/mol. The minimum atomic E-state index is 0.600. The van der Waals surface area contributed by atoms with E-state index in [1.54, 1.807) is 12.3 Å². The number of aromatic nitrogens is 1. The highest BCUT2D eigenvalue weighted by Gasteiger charge is 2.01. The molecular weight excluding hydrogens is 306 g/mol. The summed E-state index contributed by atoms with van der Waals surface area (Å²) in [6.45, 7) is 2.52. The molecule has 0 radical (unpaired) electrons. The zero-order valence-electron chi connectivity index (χ0n) is 10.4. The van der Waals surface area contributed by atoms with Crippen molar-refractivity contribution >= 4 is 27.3 Å². The summed E-state index contributed by atoms with van der Waals surface area (Å²) < 4.78 is 6.04. The van der Waals surface area contributed by atoms with E-state index in [0.29, 0.717) is 18.1 Å². The molecule has 1 heterocycles. The Morgan fingerprint density at radius 3 is 2.68 bits per heavy atom. The van der Waals surface area contributed by atoms with E-state index in [4.69, 9.17) is 10.00 Å². The third-order valence-electron chi connectivity index (χ3n) is 2.41. The first-order valence-corrected chi connectivity index (χ1v) is 6.57. The van der Waals surface area contributed by atoms with Crippen molar-refractivity contribution in [2.24, 2.45) is 0 Å². The summed E-state index contributed by atoms with van der Waals surface area (Å²) in [7, 11) is 0. The fourth-order valence-corrected chi connectivity index (χ4v) is 2.01. The Morgan fingerprint density at radius 2 is 2.11 bits per heavy atom. The van der Waals surface area contributed by atoms with Crippen LogP contribution in [0.25, 0.3) is 0 Å². The molecule has 1 N–H and O–H groups in total. The van der Waals surface area contributed by atoms with Crippen molar-refractivity contribution in [1.29, 1.82) is 5.26 Å². The van der Waals surface area contributed by atoms with Crippen molar-refractivity contribution in [2.45, 2.75) is 6.92 Å². The van der Waals surface area contributed by atoms with Crippen LogP contribution in [0, 0.1) is 11.3 Å². The highest BCUT2D eigenvalue weighted by Crippen LogP contribution is 2.24. The van der Waals surface area contributed by atoms with E-state index >= 15 is 0 Å². The van der Waals surface area contributed by atoms with Crippen LogP contribution in [0.4, 0.5) is 11.4 Å². The molecule has 2 aromatic rings. The van der Waals surface area contributed by atoms with Gasteiger partial charge in [0.15, 0.2) is 0 Å². The number of rotatable bonds is 4. The predicted octanol–water partition coefficient (Wildman–Crippen LogP) is 3.86. The van der Waals surface area contributed by atoms with E-state index in [0.717, 1.165) is 15.8 Å². The summed E-state index contributed by atoms with van der Waals surface area (Å²) in [5.41, 5.74) is 2.35. The second-order valence-corrected chi connectivity index (χ2v) is 4.60. The Labute approximate surface area is 120 Å². The SMILES string of the molecule is CCOc1ccc(Nc2ccc(C#N)c(Br)c2)cn1. The molecule has 5 heteroatoms. The van der Waals surface area contributed by atoms with Crippen molar-refractivity contribution < 1.29 is 4.74 Å². The third kappa shape index (κ3) is 3.46. The summed E-state index contributed by atoms with van der Waals surface area (Å²) in [4.78, 5) is 4.17. The number of hydrogen-bond acceptors (Lipinski definition) is 4. The summed E-state index contributed by atoms with van der Waals surface area (Å²) in [5.74, 6) is 0.606. The largest absolute Gasteiger partial charge is 0.478 e. The molecule has 96 valence electrons. The van der Waals surface area contributed by atoms with Gasteiger partial charge in [0.2, 0.25) is 5.88 Å². The van der Waals surface area contributed by atoms with Crippen LogP contribution >= 0.6 is 15.9 Å². The highest BCUT2D eigenvalue weighted by atomic mass is 79.9. The topological polar surface area (TPSA) is 57.9 Å². The fraction of sp³-hybridized carbons (Fsp3) is 0.143. The normalized spacial score (nSPS) is 9.74. The molecular formula is C14H12BrN3O. The highest BCUT2D eigenvalue weighted by molar-refractivity contribution is 9.10. The average Bonchev–Trinajstić information content (AvgIpc) is 2.42. The van der Waals surface area contributed by atoms with Gasteiger partial charge in [-0.05, 0) is 47.1 Å². The van der Waals surface area contributed by atoms with Gasteiger partial charge in [-0.15, -0.1) is 0 Å². The van der Waals surface area contributed by atoms with Crippen molar-refractivity contribution in [3.63, 3.8) is 0 Å². The molecule has 0 bridgehead atoms. The molecule has 1 aromatic carbocycles. The number of ether oxygens (including phenoxy) is 1. The van der Waals surface area contributed by atoms with Crippen molar-refractivity contribution in [3.8, 4) is 11.9 Å². The maximum atomic E-state index is 8.86. The molecule has 2 rings (SSSR count). The van der Waals surface area contributed by atoms with Gasteiger partial charge in [-0.3, -0.25) is 0 Å². The number of benzene rings is 1. The third-order valence-corrected chi connectivity index (χ3v) is 3.06. The number of hydrogen-bond donors (Lipinski definition) is 1. The van der Waals surface area contributed by atoms with Gasteiger partial charge in [-0.2, -0.15) is 5.26 Å². The lowest BCUT2D eigenvalue weighted by Crippen LogP contribution is -1.96. The van der Waals surface area contributed by atoms with Crippen LogP contribution in [0.1, 0.15) is 12.5 Å². The van der Waals surface area contributed by atoms with Crippen LogP contribution in [0.2, 0.25) is 0 Å². The Kier molecular flexibility index (Phi) is 4.37. The molecule has 0 atom stereocenters. The second-order valence-electron chi connectivity index (χ2n) is 3.75. The van der Waals surface area contributed by atoms with Crippen molar-refractivity contribution in [1.82, 2.24) is 4.98 Å². The Morgan fingerprint density at radius 1 is 1.32 bits per heavy atom. The van der Waals surface area contributed by atoms with Gasteiger partial charge in [-0.25, -0.2) is 4.98 Å². The summed E-state index contributed by atoms with van der Waals surface area (Å²) in [5, 5.41) is 12.1. The van der Waals surface area contributed by atoms with Gasteiger partial charge >= 0.3 is 0 Å². The van der Waals surface area contributed by atoms with E-state index in [9.17, 15) is 0 Å². The number of pyridine rings is 1. The van der Waals surface area contributed by atoms with Gasteiger partial charge in [0.25, 0.3) is 0 Å². The Balaban J connectivity index is 2.13. The molecule has 0 spiro atoms. The first-order chi connectivity index (χ1) is 9.22. The average molecular weight is 318 g/mol. The molecule has 0 unspecified atom stereocenters. The van der Waals surface area contributed by atoms with Crippen LogP contribution in [0.3, 0.4) is 0 Å². The maximum absolute atomic E-state index is 8.86. The zero-order valence-corrected chi connectivity index (χ0v) is 11.9. The van der Waals surface area contributed by atoms with E-state index in [2.05, 4.69) is 32.3 Å². The van der Waals surface area contributed by atoms with E-state index < -0.39 is 0 Å². The summed E-state index contributed by atoms with van der Waals surface area (Å²) in [6, 6.07) is 11.3. The molecule has 1 aromatic heterocycles. The van der Waals surface area contributed by atoms with E-state index in [-0.39, 0.29) is 0 Å². The van der Waals surface area contributed by atoms with Gasteiger partial charge in [0, 0.05) is 16.2 Å². The van der Waals surface area contributed by atoms with Gasteiger partial charge in [0.05, 0.1) is 24.1 Å². The van der Waals surface area contributed by atoms with Gasteiger partial charge in [-0.1, -0.05) is 0 Å². The number of halogens is 1. The van der Waals surface area contributed by atoms with Crippen LogP contribution in [0.15, 0.2) is 41.0 Å². The van der Waals surface area contributed by atoms with Crippen molar-refractivity contribution in [2.75, 3.05) is 11.9 Å². The minimum Gasteiger partial charge on any atom is -0.478 e.